The van der Waals surface area contributed by atoms with Crippen LogP contribution in [0.4, 0.5) is 0 Å². The lowest BCUT2D eigenvalue weighted by Crippen LogP contribution is -2.14. The van der Waals surface area contributed by atoms with E-state index in [1.54, 1.807) is 6.33 Å². The first-order valence-electron chi connectivity index (χ1n) is 4.39. The molecule has 0 fully saturated rings. The monoisotopic (exact) mass is 181 g/mol. The molecule has 0 amide bonds. The molecule has 5 heteroatoms. The molecular formula is C8H11N3O2. The van der Waals surface area contributed by atoms with Gasteiger partial charge in [-0.25, -0.2) is 0 Å². The molecule has 1 unspecified atom stereocenters. The molecule has 2 heterocycles. The molecule has 1 aliphatic rings. The molecule has 2 rings (SSSR count). The van der Waals surface area contributed by atoms with Crippen molar-refractivity contribution in [1.29, 1.82) is 0 Å². The first-order valence-corrected chi connectivity index (χ1v) is 4.39. The Bertz CT molecular complexity index is 321. The van der Waals surface area contributed by atoms with Gasteiger partial charge in [-0.1, -0.05) is 6.42 Å². The minimum Gasteiger partial charge on any atom is -0.481 e. The van der Waals surface area contributed by atoms with E-state index >= 15 is 0 Å². The second kappa shape index (κ2) is 3.16. The largest absolute Gasteiger partial charge is 0.481 e. The fourth-order valence-electron chi connectivity index (χ4n) is 1.70. The van der Waals surface area contributed by atoms with Crippen LogP contribution in [0.3, 0.4) is 0 Å². The maximum Gasteiger partial charge on any atom is 0.314 e. The van der Waals surface area contributed by atoms with Crippen molar-refractivity contribution in [1.82, 2.24) is 14.8 Å². The van der Waals surface area contributed by atoms with Crippen LogP contribution >= 0.6 is 0 Å². The molecule has 0 aromatic carbocycles. The minimum absolute atomic E-state index is 0.468. The summed E-state index contributed by atoms with van der Waals surface area (Å²) in [5.74, 6) is -0.661. The van der Waals surface area contributed by atoms with E-state index in [0.29, 0.717) is 12.2 Å². The SMILES string of the molecule is O=C(O)C1CCCCn2cnnc21. The zero-order valence-corrected chi connectivity index (χ0v) is 7.18. The summed E-state index contributed by atoms with van der Waals surface area (Å²) in [5, 5.41) is 16.5. The number of hydrogen-bond acceptors (Lipinski definition) is 3. The highest BCUT2D eigenvalue weighted by atomic mass is 16.4. The van der Waals surface area contributed by atoms with Crippen molar-refractivity contribution in [3.8, 4) is 0 Å². The molecule has 5 nitrogen and oxygen atoms in total. The van der Waals surface area contributed by atoms with Gasteiger partial charge in [0.25, 0.3) is 0 Å². The van der Waals surface area contributed by atoms with Crippen molar-refractivity contribution >= 4 is 5.97 Å². The molecule has 1 atom stereocenters. The number of carboxylic acid groups (broad SMARTS) is 1. The Labute approximate surface area is 75.4 Å². The van der Waals surface area contributed by atoms with Gasteiger partial charge in [-0.15, -0.1) is 10.2 Å². The van der Waals surface area contributed by atoms with Crippen LogP contribution < -0.4 is 0 Å². The van der Waals surface area contributed by atoms with Crippen molar-refractivity contribution in [2.75, 3.05) is 0 Å². The van der Waals surface area contributed by atoms with Gasteiger partial charge in [0.05, 0.1) is 0 Å². The Balaban J connectivity index is 2.36. The van der Waals surface area contributed by atoms with E-state index in [9.17, 15) is 4.79 Å². The summed E-state index contributed by atoms with van der Waals surface area (Å²) < 4.78 is 1.84. The van der Waals surface area contributed by atoms with Gasteiger partial charge in [-0.05, 0) is 12.8 Å². The number of aryl methyl sites for hydroxylation is 1. The number of aliphatic carboxylic acids is 1. The Hall–Kier alpha value is -1.39. The van der Waals surface area contributed by atoms with E-state index in [-0.39, 0.29) is 0 Å². The van der Waals surface area contributed by atoms with Crippen molar-refractivity contribution < 1.29 is 9.90 Å². The van der Waals surface area contributed by atoms with E-state index in [1.165, 1.54) is 0 Å². The van der Waals surface area contributed by atoms with Gasteiger partial charge in [0.2, 0.25) is 0 Å². The van der Waals surface area contributed by atoms with Crippen LogP contribution in [0.1, 0.15) is 31.0 Å². The second-order valence-electron chi connectivity index (χ2n) is 3.27. The number of carbonyl (C=O) groups is 1. The van der Waals surface area contributed by atoms with Crippen LogP contribution in [0.25, 0.3) is 0 Å². The smallest absolute Gasteiger partial charge is 0.314 e. The number of carboxylic acids is 1. The molecule has 0 saturated heterocycles. The molecule has 1 aromatic rings. The van der Waals surface area contributed by atoms with Crippen LogP contribution in [0.2, 0.25) is 0 Å². The zero-order chi connectivity index (χ0) is 9.26. The zero-order valence-electron chi connectivity index (χ0n) is 7.18. The number of fused-ring (bicyclic) bond motifs is 1. The lowest BCUT2D eigenvalue weighted by Gasteiger charge is -2.07. The molecule has 0 radical (unpaired) electrons. The number of aromatic nitrogens is 3. The van der Waals surface area contributed by atoms with E-state index in [2.05, 4.69) is 10.2 Å². The van der Waals surface area contributed by atoms with Crippen LogP contribution in [0.5, 0.6) is 0 Å². The predicted molar refractivity (Wildman–Crippen MR) is 44.2 cm³/mol. The molecule has 0 bridgehead atoms. The number of rotatable bonds is 1. The normalized spacial score (nSPS) is 22.0. The third kappa shape index (κ3) is 1.41. The average molecular weight is 181 g/mol. The lowest BCUT2D eigenvalue weighted by atomic mass is 10.0. The highest BCUT2D eigenvalue weighted by Crippen LogP contribution is 2.24. The van der Waals surface area contributed by atoms with Crippen LogP contribution in [0.15, 0.2) is 6.33 Å². The van der Waals surface area contributed by atoms with Crippen LogP contribution in [-0.2, 0) is 11.3 Å². The molecule has 70 valence electrons. The van der Waals surface area contributed by atoms with E-state index in [0.717, 1.165) is 19.4 Å². The molecule has 1 aromatic heterocycles. The van der Waals surface area contributed by atoms with Gasteiger partial charge in [0.1, 0.15) is 18.1 Å². The van der Waals surface area contributed by atoms with Gasteiger partial charge in [0, 0.05) is 6.54 Å². The van der Waals surface area contributed by atoms with Gasteiger partial charge in [0.15, 0.2) is 0 Å². The second-order valence-corrected chi connectivity index (χ2v) is 3.27. The van der Waals surface area contributed by atoms with Gasteiger partial charge in [-0.2, -0.15) is 0 Å². The Kier molecular flexibility index (Phi) is 2.00. The van der Waals surface area contributed by atoms with Gasteiger partial charge >= 0.3 is 5.97 Å². The maximum atomic E-state index is 10.9. The predicted octanol–water partition coefficient (Wildman–Crippen LogP) is 0.630. The molecular weight excluding hydrogens is 170 g/mol. The van der Waals surface area contributed by atoms with Gasteiger partial charge in [-0.3, -0.25) is 4.79 Å². The molecule has 1 aliphatic heterocycles. The molecule has 1 N–H and O–H groups in total. The fourth-order valence-corrected chi connectivity index (χ4v) is 1.70. The van der Waals surface area contributed by atoms with Gasteiger partial charge < -0.3 is 9.67 Å². The summed E-state index contributed by atoms with van der Waals surface area (Å²) in [4.78, 5) is 10.9. The summed E-state index contributed by atoms with van der Waals surface area (Å²) >= 11 is 0. The van der Waals surface area contributed by atoms with Crippen LogP contribution in [0, 0.1) is 0 Å². The first-order chi connectivity index (χ1) is 6.29. The maximum absolute atomic E-state index is 10.9. The molecule has 0 spiro atoms. The van der Waals surface area contributed by atoms with Crippen molar-refractivity contribution in [3.05, 3.63) is 12.2 Å². The number of nitrogens with zero attached hydrogens (tertiary/aromatic N) is 3. The summed E-state index contributed by atoms with van der Waals surface area (Å²) in [6, 6.07) is 0. The lowest BCUT2D eigenvalue weighted by molar-refractivity contribution is -0.139. The minimum atomic E-state index is -0.795. The highest BCUT2D eigenvalue weighted by molar-refractivity contribution is 5.74. The average Bonchev–Trinajstić information content (AvgIpc) is 2.44. The van der Waals surface area contributed by atoms with E-state index in [4.69, 9.17) is 5.11 Å². The quantitative estimate of drug-likeness (QED) is 0.690. The fraction of sp³-hybridized carbons (Fsp3) is 0.625. The summed E-state index contributed by atoms with van der Waals surface area (Å²) in [6.45, 7) is 0.839. The standard InChI is InChI=1S/C8H11N3O2/c12-8(13)6-3-1-2-4-11-5-9-10-7(6)11/h5-6H,1-4H2,(H,12,13). The van der Waals surface area contributed by atoms with E-state index < -0.39 is 11.9 Å². The molecule has 0 saturated carbocycles. The Morgan fingerprint density at radius 3 is 3.23 bits per heavy atom. The first kappa shape index (κ1) is 8.22. The molecule has 13 heavy (non-hydrogen) atoms. The van der Waals surface area contributed by atoms with Crippen molar-refractivity contribution in [3.63, 3.8) is 0 Å². The van der Waals surface area contributed by atoms with Crippen LogP contribution in [-0.4, -0.2) is 25.8 Å². The highest BCUT2D eigenvalue weighted by Gasteiger charge is 2.26. The Morgan fingerprint density at radius 1 is 1.62 bits per heavy atom. The van der Waals surface area contributed by atoms with Crippen molar-refractivity contribution in [2.24, 2.45) is 0 Å². The Morgan fingerprint density at radius 2 is 2.46 bits per heavy atom. The van der Waals surface area contributed by atoms with Crippen molar-refractivity contribution in [2.45, 2.75) is 31.7 Å². The van der Waals surface area contributed by atoms with E-state index in [1.807, 2.05) is 4.57 Å². The molecule has 0 aliphatic carbocycles. The third-order valence-electron chi connectivity index (χ3n) is 2.40. The summed E-state index contributed by atoms with van der Waals surface area (Å²) in [5.41, 5.74) is 0. The summed E-state index contributed by atoms with van der Waals surface area (Å²) in [6.07, 6.45) is 4.24. The number of hydrogen-bond donors (Lipinski definition) is 1. The topological polar surface area (TPSA) is 68.0 Å². The summed E-state index contributed by atoms with van der Waals surface area (Å²) in [7, 11) is 0. The third-order valence-corrected chi connectivity index (χ3v) is 2.40.